The highest BCUT2D eigenvalue weighted by Crippen LogP contribution is 2.17. The molecule has 1 atom stereocenters. The predicted octanol–water partition coefficient (Wildman–Crippen LogP) is 3.99. The predicted molar refractivity (Wildman–Crippen MR) is 79.9 cm³/mol. The monoisotopic (exact) mass is 271 g/mol. The second kappa shape index (κ2) is 8.84. The Morgan fingerprint density at radius 1 is 1.29 bits per heavy atom. The first-order valence-corrected chi connectivity index (χ1v) is 7.81. The third-order valence-electron chi connectivity index (χ3n) is 2.88. The second-order valence-corrected chi connectivity index (χ2v) is 6.10. The van der Waals surface area contributed by atoms with Crippen molar-refractivity contribution in [2.45, 2.75) is 26.2 Å². The van der Waals surface area contributed by atoms with Gasteiger partial charge >= 0.3 is 0 Å². The van der Waals surface area contributed by atoms with Crippen LogP contribution < -0.4 is 5.73 Å². The maximum atomic E-state index is 5.87. The first kappa shape index (κ1) is 14.9. The van der Waals surface area contributed by atoms with E-state index in [0.29, 0.717) is 5.92 Å². The third-order valence-corrected chi connectivity index (χ3v) is 4.11. The van der Waals surface area contributed by atoms with E-state index in [4.69, 9.17) is 17.3 Å². The molecule has 1 unspecified atom stereocenters. The van der Waals surface area contributed by atoms with Gasteiger partial charge < -0.3 is 5.73 Å². The second-order valence-electron chi connectivity index (χ2n) is 4.27. The fourth-order valence-corrected chi connectivity index (χ4v) is 2.66. The Bertz CT molecular complexity index is 300. The molecule has 0 heterocycles. The van der Waals surface area contributed by atoms with Crippen molar-refractivity contribution >= 4 is 23.4 Å². The molecule has 0 amide bonds. The number of thioether (sulfide) groups is 1. The standard InChI is InChI=1S/C14H22ClNS/c1-2-17-9-3-4-13(11-16)10-12-5-7-14(15)8-6-12/h5-8,13H,2-4,9-11,16H2,1H3. The summed E-state index contributed by atoms with van der Waals surface area (Å²) in [6, 6.07) is 8.12. The summed E-state index contributed by atoms with van der Waals surface area (Å²) >= 11 is 7.88. The van der Waals surface area contributed by atoms with Crippen LogP contribution in [0.2, 0.25) is 5.02 Å². The smallest absolute Gasteiger partial charge is 0.0406 e. The lowest BCUT2D eigenvalue weighted by Gasteiger charge is -2.14. The number of rotatable bonds is 8. The van der Waals surface area contributed by atoms with E-state index < -0.39 is 0 Å². The van der Waals surface area contributed by atoms with E-state index in [1.807, 2.05) is 23.9 Å². The molecule has 0 bridgehead atoms. The molecule has 0 spiro atoms. The van der Waals surface area contributed by atoms with Gasteiger partial charge in [0.2, 0.25) is 0 Å². The van der Waals surface area contributed by atoms with Crippen molar-refractivity contribution in [1.29, 1.82) is 0 Å². The largest absolute Gasteiger partial charge is 0.330 e. The Hall–Kier alpha value is -0.180. The normalized spacial score (nSPS) is 12.6. The SMILES string of the molecule is CCSCCCC(CN)Cc1ccc(Cl)cc1. The van der Waals surface area contributed by atoms with Crippen molar-refractivity contribution in [3.8, 4) is 0 Å². The molecule has 2 N–H and O–H groups in total. The van der Waals surface area contributed by atoms with Crippen LogP contribution in [-0.2, 0) is 6.42 Å². The minimum absolute atomic E-state index is 0.605. The van der Waals surface area contributed by atoms with Crippen molar-refractivity contribution in [2.24, 2.45) is 11.7 Å². The van der Waals surface area contributed by atoms with E-state index in [0.717, 1.165) is 18.0 Å². The average molecular weight is 272 g/mol. The molecule has 0 saturated carbocycles. The van der Waals surface area contributed by atoms with Crippen LogP contribution in [0, 0.1) is 5.92 Å². The van der Waals surface area contributed by atoms with Crippen LogP contribution in [-0.4, -0.2) is 18.1 Å². The Labute approximate surface area is 114 Å². The zero-order chi connectivity index (χ0) is 12.5. The molecule has 1 nitrogen and oxygen atoms in total. The van der Waals surface area contributed by atoms with Crippen molar-refractivity contribution in [1.82, 2.24) is 0 Å². The summed E-state index contributed by atoms with van der Waals surface area (Å²) in [7, 11) is 0. The van der Waals surface area contributed by atoms with Crippen molar-refractivity contribution in [2.75, 3.05) is 18.1 Å². The Balaban J connectivity index is 2.33. The molecule has 3 heteroatoms. The van der Waals surface area contributed by atoms with Crippen molar-refractivity contribution in [3.63, 3.8) is 0 Å². The van der Waals surface area contributed by atoms with Crippen LogP contribution >= 0.6 is 23.4 Å². The van der Waals surface area contributed by atoms with E-state index >= 15 is 0 Å². The van der Waals surface area contributed by atoms with Gasteiger partial charge in [-0.2, -0.15) is 11.8 Å². The van der Waals surface area contributed by atoms with Gasteiger partial charge in [-0.1, -0.05) is 30.7 Å². The van der Waals surface area contributed by atoms with Crippen LogP contribution in [0.3, 0.4) is 0 Å². The third kappa shape index (κ3) is 6.35. The molecular weight excluding hydrogens is 250 g/mol. The van der Waals surface area contributed by atoms with Crippen LogP contribution in [0.25, 0.3) is 0 Å². The van der Waals surface area contributed by atoms with Gasteiger partial charge in [0.15, 0.2) is 0 Å². The fourth-order valence-electron chi connectivity index (χ4n) is 1.88. The van der Waals surface area contributed by atoms with Crippen LogP contribution in [0.5, 0.6) is 0 Å². The molecule has 17 heavy (non-hydrogen) atoms. The van der Waals surface area contributed by atoms with Gasteiger partial charge in [0, 0.05) is 5.02 Å². The first-order valence-electron chi connectivity index (χ1n) is 6.28. The summed E-state index contributed by atoms with van der Waals surface area (Å²) in [5.41, 5.74) is 7.17. The quantitative estimate of drug-likeness (QED) is 0.724. The zero-order valence-corrected chi connectivity index (χ0v) is 12.1. The molecule has 0 aliphatic heterocycles. The highest BCUT2D eigenvalue weighted by atomic mass is 35.5. The van der Waals surface area contributed by atoms with Crippen molar-refractivity contribution < 1.29 is 0 Å². The van der Waals surface area contributed by atoms with Crippen molar-refractivity contribution in [3.05, 3.63) is 34.9 Å². The molecule has 0 aromatic heterocycles. The molecule has 0 aliphatic rings. The van der Waals surface area contributed by atoms with Gasteiger partial charge in [0.25, 0.3) is 0 Å². The zero-order valence-electron chi connectivity index (χ0n) is 10.5. The maximum Gasteiger partial charge on any atom is 0.0406 e. The number of halogens is 1. The minimum atomic E-state index is 0.605. The van der Waals surface area contributed by atoms with Gasteiger partial charge in [-0.05, 0) is 60.9 Å². The van der Waals surface area contributed by atoms with E-state index in [1.165, 1.54) is 29.9 Å². The van der Waals surface area contributed by atoms with Crippen LogP contribution in [0.4, 0.5) is 0 Å². The Morgan fingerprint density at radius 3 is 2.59 bits per heavy atom. The van der Waals surface area contributed by atoms with E-state index in [-0.39, 0.29) is 0 Å². The fraction of sp³-hybridized carbons (Fsp3) is 0.571. The number of hydrogen-bond donors (Lipinski definition) is 1. The first-order chi connectivity index (χ1) is 8.26. The minimum Gasteiger partial charge on any atom is -0.330 e. The molecule has 0 aliphatic carbocycles. The van der Waals surface area contributed by atoms with Crippen LogP contribution in [0.1, 0.15) is 25.3 Å². The molecule has 1 aromatic rings. The van der Waals surface area contributed by atoms with Gasteiger partial charge in [-0.3, -0.25) is 0 Å². The summed E-state index contributed by atoms with van der Waals surface area (Å²) in [4.78, 5) is 0. The Kier molecular flexibility index (Phi) is 7.74. The highest BCUT2D eigenvalue weighted by Gasteiger charge is 2.07. The topological polar surface area (TPSA) is 26.0 Å². The molecule has 1 aromatic carbocycles. The van der Waals surface area contributed by atoms with E-state index in [2.05, 4.69) is 19.1 Å². The van der Waals surface area contributed by atoms with E-state index in [9.17, 15) is 0 Å². The lowest BCUT2D eigenvalue weighted by molar-refractivity contribution is 0.489. The summed E-state index contributed by atoms with van der Waals surface area (Å²) in [6.07, 6.45) is 3.57. The lowest BCUT2D eigenvalue weighted by atomic mass is 9.95. The molecule has 0 fully saturated rings. The van der Waals surface area contributed by atoms with Gasteiger partial charge in [0.1, 0.15) is 0 Å². The summed E-state index contributed by atoms with van der Waals surface area (Å²) < 4.78 is 0. The van der Waals surface area contributed by atoms with Crippen LogP contribution in [0.15, 0.2) is 24.3 Å². The molecular formula is C14H22ClNS. The lowest BCUT2D eigenvalue weighted by Crippen LogP contribution is -2.17. The molecule has 0 saturated heterocycles. The summed E-state index contributed by atoms with van der Waals surface area (Å²) in [5, 5.41) is 0.803. The number of nitrogens with two attached hydrogens (primary N) is 1. The average Bonchev–Trinajstić information content (AvgIpc) is 2.35. The van der Waals surface area contributed by atoms with Gasteiger partial charge in [-0.25, -0.2) is 0 Å². The Morgan fingerprint density at radius 2 is 2.00 bits per heavy atom. The highest BCUT2D eigenvalue weighted by molar-refractivity contribution is 7.99. The summed E-state index contributed by atoms with van der Waals surface area (Å²) in [6.45, 7) is 2.98. The van der Waals surface area contributed by atoms with Gasteiger partial charge in [-0.15, -0.1) is 0 Å². The molecule has 0 radical (unpaired) electrons. The molecule has 96 valence electrons. The molecule has 1 rings (SSSR count). The number of hydrogen-bond acceptors (Lipinski definition) is 2. The summed E-state index contributed by atoms with van der Waals surface area (Å²) in [5.74, 6) is 3.08. The number of benzene rings is 1. The maximum absolute atomic E-state index is 5.87. The van der Waals surface area contributed by atoms with E-state index in [1.54, 1.807) is 0 Å². The van der Waals surface area contributed by atoms with Gasteiger partial charge in [0.05, 0.1) is 0 Å².